The summed E-state index contributed by atoms with van der Waals surface area (Å²) in [5, 5.41) is 1.96. The Morgan fingerprint density at radius 3 is 2.88 bits per heavy atom. The number of carbonyl (C=O) groups excluding carboxylic acids is 1. The van der Waals surface area contributed by atoms with Crippen LogP contribution >= 0.6 is 11.3 Å². The first-order valence-electron chi connectivity index (χ1n) is 6.01. The van der Waals surface area contributed by atoms with Gasteiger partial charge in [0.05, 0.1) is 11.4 Å². The summed E-state index contributed by atoms with van der Waals surface area (Å²) in [6.07, 6.45) is 5.43. The summed E-state index contributed by atoms with van der Waals surface area (Å²) in [4.78, 5) is 14.9. The van der Waals surface area contributed by atoms with Crippen LogP contribution in [0.25, 0.3) is 0 Å². The van der Waals surface area contributed by atoms with Crippen LogP contribution in [0.5, 0.6) is 0 Å². The highest BCUT2D eigenvalue weighted by Gasteiger charge is 2.18. The highest BCUT2D eigenvalue weighted by atomic mass is 32.1. The molecular formula is C13H19NOS. The summed E-state index contributed by atoms with van der Waals surface area (Å²) in [5.41, 5.74) is 0. The fourth-order valence-electron chi connectivity index (χ4n) is 2.46. The summed E-state index contributed by atoms with van der Waals surface area (Å²) in [7, 11) is 2.06. The van der Waals surface area contributed by atoms with Gasteiger partial charge in [-0.25, -0.2) is 0 Å². The SMILES string of the molecule is CN(CC(=O)c1cccs1)CC1CCCC1. The maximum atomic E-state index is 11.9. The van der Waals surface area contributed by atoms with Gasteiger partial charge in [-0.2, -0.15) is 0 Å². The zero-order chi connectivity index (χ0) is 11.4. The summed E-state index contributed by atoms with van der Waals surface area (Å²) in [6, 6.07) is 3.85. The van der Waals surface area contributed by atoms with Gasteiger partial charge in [-0.15, -0.1) is 11.3 Å². The van der Waals surface area contributed by atoms with Crippen LogP contribution in [-0.2, 0) is 0 Å². The van der Waals surface area contributed by atoms with E-state index in [2.05, 4.69) is 11.9 Å². The van der Waals surface area contributed by atoms with Gasteiger partial charge in [0.1, 0.15) is 0 Å². The average Bonchev–Trinajstić information content (AvgIpc) is 2.88. The van der Waals surface area contributed by atoms with Crippen LogP contribution < -0.4 is 0 Å². The molecule has 2 rings (SSSR count). The Labute approximate surface area is 101 Å². The van der Waals surface area contributed by atoms with Crippen LogP contribution in [0.2, 0.25) is 0 Å². The van der Waals surface area contributed by atoms with Gasteiger partial charge in [0.2, 0.25) is 0 Å². The molecule has 1 aliphatic carbocycles. The summed E-state index contributed by atoms with van der Waals surface area (Å²) in [5.74, 6) is 1.08. The van der Waals surface area contributed by atoms with Gasteiger partial charge in [-0.1, -0.05) is 18.9 Å². The lowest BCUT2D eigenvalue weighted by atomic mass is 10.1. The molecule has 1 heterocycles. The Morgan fingerprint density at radius 1 is 1.50 bits per heavy atom. The van der Waals surface area contributed by atoms with E-state index in [1.807, 2.05) is 17.5 Å². The van der Waals surface area contributed by atoms with Crippen molar-refractivity contribution in [2.75, 3.05) is 20.1 Å². The van der Waals surface area contributed by atoms with Crippen molar-refractivity contribution in [3.63, 3.8) is 0 Å². The highest BCUT2D eigenvalue weighted by Crippen LogP contribution is 2.25. The Balaban J connectivity index is 1.78. The number of hydrogen-bond donors (Lipinski definition) is 0. The highest BCUT2D eigenvalue weighted by molar-refractivity contribution is 7.12. The van der Waals surface area contributed by atoms with E-state index in [1.165, 1.54) is 37.0 Å². The minimum absolute atomic E-state index is 0.260. The van der Waals surface area contributed by atoms with Crippen LogP contribution in [0.3, 0.4) is 0 Å². The summed E-state index contributed by atoms with van der Waals surface area (Å²) in [6.45, 7) is 1.65. The second-order valence-corrected chi connectivity index (χ2v) is 5.70. The molecule has 0 aromatic carbocycles. The molecule has 1 aliphatic rings. The van der Waals surface area contributed by atoms with Crippen molar-refractivity contribution in [1.82, 2.24) is 4.90 Å². The van der Waals surface area contributed by atoms with Crippen LogP contribution in [0.15, 0.2) is 17.5 Å². The van der Waals surface area contributed by atoms with E-state index in [-0.39, 0.29) is 5.78 Å². The maximum absolute atomic E-state index is 11.9. The molecule has 16 heavy (non-hydrogen) atoms. The number of ketones is 1. The second kappa shape index (κ2) is 5.60. The first kappa shape index (κ1) is 11.8. The third-order valence-corrected chi connectivity index (χ3v) is 4.17. The van der Waals surface area contributed by atoms with Crippen molar-refractivity contribution < 1.29 is 4.79 Å². The van der Waals surface area contributed by atoms with E-state index in [0.717, 1.165) is 17.3 Å². The smallest absolute Gasteiger partial charge is 0.186 e. The Kier molecular flexibility index (Phi) is 4.13. The van der Waals surface area contributed by atoms with Crippen molar-refractivity contribution in [2.24, 2.45) is 5.92 Å². The van der Waals surface area contributed by atoms with Crippen molar-refractivity contribution in [1.29, 1.82) is 0 Å². The predicted octanol–water partition coefficient (Wildman–Crippen LogP) is 3.05. The van der Waals surface area contributed by atoms with Crippen molar-refractivity contribution >= 4 is 17.1 Å². The molecule has 0 aliphatic heterocycles. The zero-order valence-electron chi connectivity index (χ0n) is 9.82. The minimum atomic E-state index is 0.260. The predicted molar refractivity (Wildman–Crippen MR) is 68.1 cm³/mol. The van der Waals surface area contributed by atoms with Gasteiger partial charge in [-0.3, -0.25) is 9.69 Å². The molecular weight excluding hydrogens is 218 g/mol. The van der Waals surface area contributed by atoms with Crippen LogP contribution in [0, 0.1) is 5.92 Å². The first-order chi connectivity index (χ1) is 7.75. The lowest BCUT2D eigenvalue weighted by Crippen LogP contribution is -2.29. The lowest BCUT2D eigenvalue weighted by Gasteiger charge is -2.19. The molecule has 0 atom stereocenters. The molecule has 0 bridgehead atoms. The summed E-state index contributed by atoms with van der Waals surface area (Å²) >= 11 is 1.54. The molecule has 0 amide bonds. The van der Waals surface area contributed by atoms with Crippen LogP contribution in [0.4, 0.5) is 0 Å². The lowest BCUT2D eigenvalue weighted by molar-refractivity contribution is 0.0942. The van der Waals surface area contributed by atoms with Crippen LogP contribution in [-0.4, -0.2) is 30.8 Å². The van der Waals surface area contributed by atoms with E-state index in [0.29, 0.717) is 6.54 Å². The Hall–Kier alpha value is -0.670. The molecule has 3 heteroatoms. The average molecular weight is 237 g/mol. The molecule has 0 radical (unpaired) electrons. The Morgan fingerprint density at radius 2 is 2.25 bits per heavy atom. The molecule has 0 spiro atoms. The fraction of sp³-hybridized carbons (Fsp3) is 0.615. The molecule has 0 saturated heterocycles. The number of hydrogen-bond acceptors (Lipinski definition) is 3. The fourth-order valence-corrected chi connectivity index (χ4v) is 3.12. The third kappa shape index (κ3) is 3.16. The van der Waals surface area contributed by atoms with E-state index in [9.17, 15) is 4.79 Å². The molecule has 1 saturated carbocycles. The molecule has 1 aromatic rings. The van der Waals surface area contributed by atoms with Crippen LogP contribution in [0.1, 0.15) is 35.4 Å². The molecule has 0 unspecified atom stereocenters. The van der Waals surface area contributed by atoms with Gasteiger partial charge < -0.3 is 0 Å². The molecule has 0 N–H and O–H groups in total. The van der Waals surface area contributed by atoms with Gasteiger partial charge in [0.25, 0.3) is 0 Å². The topological polar surface area (TPSA) is 20.3 Å². The molecule has 1 aromatic heterocycles. The second-order valence-electron chi connectivity index (χ2n) is 4.75. The van der Waals surface area contributed by atoms with E-state index >= 15 is 0 Å². The first-order valence-corrected chi connectivity index (χ1v) is 6.89. The number of nitrogens with zero attached hydrogens (tertiary/aromatic N) is 1. The normalized spacial score (nSPS) is 17.1. The number of carbonyl (C=O) groups is 1. The monoisotopic (exact) mass is 237 g/mol. The van der Waals surface area contributed by atoms with E-state index in [1.54, 1.807) is 0 Å². The standard InChI is InChI=1S/C13H19NOS/c1-14(9-11-5-2-3-6-11)10-12(15)13-7-4-8-16-13/h4,7-8,11H,2-3,5-6,9-10H2,1H3. The molecule has 88 valence electrons. The quantitative estimate of drug-likeness (QED) is 0.734. The number of Topliss-reactive ketones (excluding diaryl/α,β-unsaturated/α-hetero) is 1. The van der Waals surface area contributed by atoms with Crippen molar-refractivity contribution in [3.05, 3.63) is 22.4 Å². The van der Waals surface area contributed by atoms with Gasteiger partial charge in [0, 0.05) is 6.54 Å². The number of rotatable bonds is 5. The number of thiophene rings is 1. The van der Waals surface area contributed by atoms with Gasteiger partial charge in [0.15, 0.2) is 5.78 Å². The van der Waals surface area contributed by atoms with Gasteiger partial charge in [-0.05, 0) is 37.3 Å². The zero-order valence-corrected chi connectivity index (χ0v) is 10.6. The molecule has 1 fully saturated rings. The molecule has 2 nitrogen and oxygen atoms in total. The van der Waals surface area contributed by atoms with E-state index in [4.69, 9.17) is 0 Å². The maximum Gasteiger partial charge on any atom is 0.186 e. The number of likely N-dealkylation sites (N-methyl/N-ethyl adjacent to an activating group) is 1. The van der Waals surface area contributed by atoms with Crippen molar-refractivity contribution in [3.8, 4) is 0 Å². The van der Waals surface area contributed by atoms with Crippen molar-refractivity contribution in [2.45, 2.75) is 25.7 Å². The minimum Gasteiger partial charge on any atom is -0.299 e. The van der Waals surface area contributed by atoms with E-state index < -0.39 is 0 Å². The Bertz CT molecular complexity index is 328. The van der Waals surface area contributed by atoms with Gasteiger partial charge >= 0.3 is 0 Å². The summed E-state index contributed by atoms with van der Waals surface area (Å²) < 4.78 is 0. The third-order valence-electron chi connectivity index (χ3n) is 3.25. The largest absolute Gasteiger partial charge is 0.299 e.